The molecule has 2 saturated carbocycles. The van der Waals surface area contributed by atoms with Crippen LogP contribution in [-0.4, -0.2) is 48.1 Å². The Labute approximate surface area is 154 Å². The van der Waals surface area contributed by atoms with Crippen molar-refractivity contribution >= 4 is 6.29 Å². The molecule has 0 aromatic carbocycles. The van der Waals surface area contributed by atoms with E-state index in [9.17, 15) is 9.90 Å². The summed E-state index contributed by atoms with van der Waals surface area (Å²) in [6.45, 7) is 11.3. The third kappa shape index (κ3) is 5.27. The summed E-state index contributed by atoms with van der Waals surface area (Å²) in [5.41, 5.74) is 5.50. The molecule has 0 amide bonds. The van der Waals surface area contributed by atoms with Crippen LogP contribution in [0.5, 0.6) is 0 Å². The second-order valence-corrected chi connectivity index (χ2v) is 10.7. The molecular formula is C21H40N2O2. The highest BCUT2D eigenvalue weighted by Crippen LogP contribution is 2.63. The number of hydrogen-bond donors (Lipinski definition) is 2. The van der Waals surface area contributed by atoms with Gasteiger partial charge in [-0.2, -0.15) is 0 Å². The van der Waals surface area contributed by atoms with Crippen LogP contribution in [0, 0.1) is 16.2 Å². The average molecular weight is 353 g/mol. The highest BCUT2D eigenvalue weighted by Gasteiger charge is 2.58. The first kappa shape index (κ1) is 20.9. The Morgan fingerprint density at radius 2 is 1.56 bits per heavy atom. The minimum absolute atomic E-state index is 0.101. The van der Waals surface area contributed by atoms with Gasteiger partial charge in [-0.25, -0.2) is 0 Å². The van der Waals surface area contributed by atoms with Crippen molar-refractivity contribution in [2.24, 2.45) is 22.0 Å². The van der Waals surface area contributed by atoms with E-state index in [2.05, 4.69) is 32.7 Å². The van der Waals surface area contributed by atoms with Gasteiger partial charge in [-0.1, -0.05) is 27.2 Å². The summed E-state index contributed by atoms with van der Waals surface area (Å²) >= 11 is 0. The maximum absolute atomic E-state index is 11.2. The van der Waals surface area contributed by atoms with Gasteiger partial charge in [-0.05, 0) is 88.3 Å². The number of fused-ring (bicyclic) bond motifs is 2. The van der Waals surface area contributed by atoms with E-state index < -0.39 is 11.6 Å². The molecule has 4 nitrogen and oxygen atoms in total. The number of likely N-dealkylation sites (tertiary alicyclic amines) is 1. The average Bonchev–Trinajstić information content (AvgIpc) is 2.42. The number of aliphatic hydroxyl groups is 1. The summed E-state index contributed by atoms with van der Waals surface area (Å²) in [7, 11) is 2.19. The van der Waals surface area contributed by atoms with Gasteiger partial charge in [0.1, 0.15) is 6.29 Å². The summed E-state index contributed by atoms with van der Waals surface area (Å²) in [6.07, 6.45) is 9.63. The molecule has 3 rings (SSSR count). The summed E-state index contributed by atoms with van der Waals surface area (Å²) < 4.78 is 0. The molecule has 4 heteroatoms. The largest absolute Gasteiger partial charge is 0.390 e. The van der Waals surface area contributed by atoms with Crippen molar-refractivity contribution in [3.05, 3.63) is 0 Å². The molecule has 4 atom stereocenters. The Balaban J connectivity index is 0.000000269. The molecule has 1 aliphatic heterocycles. The zero-order chi connectivity index (χ0) is 18.9. The lowest BCUT2D eigenvalue weighted by molar-refractivity contribution is -0.155. The smallest absolute Gasteiger partial charge is 0.137 e. The fourth-order valence-electron chi connectivity index (χ4n) is 6.69. The van der Waals surface area contributed by atoms with E-state index >= 15 is 0 Å². The molecule has 3 N–H and O–H groups in total. The standard InChI is InChI=1S/C15H27NO2.C6H13N/c1-12(2)6-13(3)8-14(4,18)10-15(7-12,9-13)11(16)5-17;1-7-5-3-2-4-6-7/h5,11,18H,6-10,16H2,1-4H3;2-6H2,1H3/t11?,13?,14?,15-;/m1./s1. The third-order valence-corrected chi connectivity index (χ3v) is 6.49. The first-order chi connectivity index (χ1) is 11.4. The molecule has 0 aromatic rings. The first-order valence-corrected chi connectivity index (χ1v) is 10.0. The fraction of sp³-hybridized carbons (Fsp3) is 0.952. The Morgan fingerprint density at radius 1 is 0.960 bits per heavy atom. The van der Waals surface area contributed by atoms with Crippen LogP contribution in [0.3, 0.4) is 0 Å². The minimum atomic E-state index is -0.690. The maximum Gasteiger partial charge on any atom is 0.137 e. The van der Waals surface area contributed by atoms with E-state index in [0.29, 0.717) is 6.42 Å². The number of carbonyl (C=O) groups is 1. The molecule has 1 heterocycles. The van der Waals surface area contributed by atoms with Crippen molar-refractivity contribution in [3.63, 3.8) is 0 Å². The Bertz CT molecular complexity index is 441. The SMILES string of the molecule is CC1(C)CC2(C)CC(C)(O)C[C@@](C(N)C=O)(C1)C2.CN1CCCCC1. The Hall–Kier alpha value is -0.450. The lowest BCUT2D eigenvalue weighted by Crippen LogP contribution is -2.60. The zero-order valence-corrected chi connectivity index (χ0v) is 17.1. The molecule has 2 aliphatic carbocycles. The van der Waals surface area contributed by atoms with Gasteiger partial charge >= 0.3 is 0 Å². The highest BCUT2D eigenvalue weighted by molar-refractivity contribution is 5.59. The van der Waals surface area contributed by atoms with Crippen LogP contribution in [0.15, 0.2) is 0 Å². The van der Waals surface area contributed by atoms with Crippen LogP contribution < -0.4 is 5.73 Å². The summed E-state index contributed by atoms with van der Waals surface area (Å²) in [5.74, 6) is 0. The fourth-order valence-corrected chi connectivity index (χ4v) is 6.69. The molecule has 3 fully saturated rings. The van der Waals surface area contributed by atoms with Crippen LogP contribution in [0.1, 0.15) is 79.1 Å². The molecule has 3 aliphatic rings. The van der Waals surface area contributed by atoms with Crippen molar-refractivity contribution in [3.8, 4) is 0 Å². The van der Waals surface area contributed by atoms with Gasteiger partial charge in [0.2, 0.25) is 0 Å². The van der Waals surface area contributed by atoms with Crippen molar-refractivity contribution < 1.29 is 9.90 Å². The topological polar surface area (TPSA) is 66.6 Å². The summed E-state index contributed by atoms with van der Waals surface area (Å²) in [6, 6.07) is -0.455. The van der Waals surface area contributed by atoms with Gasteiger partial charge in [0, 0.05) is 0 Å². The van der Waals surface area contributed by atoms with E-state index in [4.69, 9.17) is 5.73 Å². The number of nitrogens with two attached hydrogens (primary N) is 1. The second kappa shape index (κ2) is 7.28. The van der Waals surface area contributed by atoms with Crippen molar-refractivity contribution in [2.75, 3.05) is 20.1 Å². The van der Waals surface area contributed by atoms with Crippen LogP contribution in [0.25, 0.3) is 0 Å². The number of carbonyl (C=O) groups excluding carboxylic acids is 1. The van der Waals surface area contributed by atoms with Crippen molar-refractivity contribution in [2.45, 2.75) is 90.7 Å². The molecule has 3 unspecified atom stereocenters. The predicted octanol–water partition coefficient (Wildman–Crippen LogP) is 3.36. The van der Waals surface area contributed by atoms with E-state index in [1.807, 2.05) is 6.92 Å². The number of rotatable bonds is 2. The number of piperidine rings is 1. The van der Waals surface area contributed by atoms with E-state index in [0.717, 1.165) is 32.0 Å². The van der Waals surface area contributed by atoms with E-state index in [1.54, 1.807) is 0 Å². The minimum Gasteiger partial charge on any atom is -0.390 e. The number of nitrogens with zero attached hydrogens (tertiary/aromatic N) is 1. The highest BCUT2D eigenvalue weighted by atomic mass is 16.3. The maximum atomic E-state index is 11.2. The lowest BCUT2D eigenvalue weighted by atomic mass is 9.45. The Morgan fingerprint density at radius 3 is 2.04 bits per heavy atom. The summed E-state index contributed by atoms with van der Waals surface area (Å²) in [4.78, 5) is 13.6. The monoisotopic (exact) mass is 352 g/mol. The second-order valence-electron chi connectivity index (χ2n) is 10.7. The third-order valence-electron chi connectivity index (χ3n) is 6.49. The van der Waals surface area contributed by atoms with Gasteiger partial charge in [-0.3, -0.25) is 0 Å². The first-order valence-electron chi connectivity index (χ1n) is 10.0. The molecule has 2 bridgehead atoms. The van der Waals surface area contributed by atoms with Crippen LogP contribution in [0.4, 0.5) is 0 Å². The predicted molar refractivity (Wildman–Crippen MR) is 103 cm³/mol. The van der Waals surface area contributed by atoms with Gasteiger partial charge in [0.05, 0.1) is 11.6 Å². The number of hydrogen-bond acceptors (Lipinski definition) is 4. The molecule has 25 heavy (non-hydrogen) atoms. The molecular weight excluding hydrogens is 312 g/mol. The quantitative estimate of drug-likeness (QED) is 0.748. The zero-order valence-electron chi connectivity index (χ0n) is 17.1. The van der Waals surface area contributed by atoms with Gasteiger partial charge in [0.15, 0.2) is 0 Å². The van der Waals surface area contributed by atoms with Crippen molar-refractivity contribution in [1.82, 2.24) is 4.90 Å². The van der Waals surface area contributed by atoms with Gasteiger partial charge in [0.25, 0.3) is 0 Å². The molecule has 146 valence electrons. The van der Waals surface area contributed by atoms with E-state index in [1.165, 1.54) is 32.4 Å². The van der Waals surface area contributed by atoms with Crippen LogP contribution >= 0.6 is 0 Å². The van der Waals surface area contributed by atoms with Crippen LogP contribution in [-0.2, 0) is 4.79 Å². The normalized spacial score (nSPS) is 42.0. The summed E-state index contributed by atoms with van der Waals surface area (Å²) in [5, 5.41) is 10.6. The Kier molecular flexibility index (Phi) is 6.08. The molecule has 0 spiro atoms. The number of aldehydes is 1. The van der Waals surface area contributed by atoms with Gasteiger partial charge < -0.3 is 20.5 Å². The molecule has 0 aromatic heterocycles. The van der Waals surface area contributed by atoms with Crippen molar-refractivity contribution in [1.29, 1.82) is 0 Å². The lowest BCUT2D eigenvalue weighted by Gasteiger charge is -2.61. The van der Waals surface area contributed by atoms with Gasteiger partial charge in [-0.15, -0.1) is 0 Å². The van der Waals surface area contributed by atoms with E-state index in [-0.39, 0.29) is 16.2 Å². The molecule has 0 radical (unpaired) electrons. The van der Waals surface area contributed by atoms with Crippen LogP contribution in [0.2, 0.25) is 0 Å². The molecule has 1 saturated heterocycles.